The second-order valence-electron chi connectivity index (χ2n) is 9.06. The van der Waals surface area contributed by atoms with Crippen molar-refractivity contribution >= 4 is 17.3 Å². The van der Waals surface area contributed by atoms with Crippen molar-refractivity contribution in [3.05, 3.63) is 23.8 Å². The minimum Gasteiger partial charge on any atom is -0.381 e. The molecule has 4 rings (SSSR count). The van der Waals surface area contributed by atoms with Crippen LogP contribution in [0.3, 0.4) is 0 Å². The summed E-state index contributed by atoms with van der Waals surface area (Å²) >= 11 is 0. The number of aliphatic hydroxyl groups is 1. The zero-order valence-electron chi connectivity index (χ0n) is 15.5. The van der Waals surface area contributed by atoms with Gasteiger partial charge in [-0.1, -0.05) is 25.5 Å². The SMILES string of the molecule is C[C@]12C=CC(=O)C=C1CCC1C2C(=O)C[C@@]2(C)C1CC[C@]2(O)C(=O)CN. The van der Waals surface area contributed by atoms with Crippen LogP contribution in [0.2, 0.25) is 0 Å². The molecule has 3 saturated carbocycles. The van der Waals surface area contributed by atoms with Gasteiger partial charge in [-0.25, -0.2) is 0 Å². The second-order valence-corrected chi connectivity index (χ2v) is 9.06. The first-order valence-corrected chi connectivity index (χ1v) is 9.60. The molecule has 6 atom stereocenters. The maximum Gasteiger partial charge on any atom is 0.178 e. The predicted molar refractivity (Wildman–Crippen MR) is 96.0 cm³/mol. The average molecular weight is 357 g/mol. The number of hydrogen-bond donors (Lipinski definition) is 2. The molecule has 4 aliphatic carbocycles. The topological polar surface area (TPSA) is 97.5 Å². The van der Waals surface area contributed by atoms with Crippen LogP contribution in [0.25, 0.3) is 0 Å². The Morgan fingerprint density at radius 3 is 2.73 bits per heavy atom. The number of rotatable bonds is 2. The maximum absolute atomic E-state index is 13.3. The molecule has 0 saturated heterocycles. The number of fused-ring (bicyclic) bond motifs is 5. The molecule has 0 bridgehead atoms. The molecular formula is C21H27NO4. The first-order chi connectivity index (χ1) is 12.2. The normalized spacial score (nSPS) is 47.1. The van der Waals surface area contributed by atoms with Gasteiger partial charge in [-0.3, -0.25) is 14.4 Å². The molecule has 3 fully saturated rings. The van der Waals surface area contributed by atoms with Crippen LogP contribution in [0.15, 0.2) is 23.8 Å². The zero-order valence-corrected chi connectivity index (χ0v) is 15.5. The molecule has 0 radical (unpaired) electrons. The fourth-order valence-corrected chi connectivity index (χ4v) is 6.66. The monoisotopic (exact) mass is 357 g/mol. The third-order valence-corrected chi connectivity index (χ3v) is 8.06. The Bertz CT molecular complexity index is 768. The molecule has 5 nitrogen and oxygen atoms in total. The van der Waals surface area contributed by atoms with Gasteiger partial charge in [-0.15, -0.1) is 0 Å². The van der Waals surface area contributed by atoms with Gasteiger partial charge in [0, 0.05) is 23.2 Å². The van der Waals surface area contributed by atoms with Crippen molar-refractivity contribution in [2.24, 2.45) is 34.3 Å². The van der Waals surface area contributed by atoms with E-state index >= 15 is 0 Å². The summed E-state index contributed by atoms with van der Waals surface area (Å²) in [5, 5.41) is 11.2. The number of ketones is 3. The minimum absolute atomic E-state index is 0.00666. The summed E-state index contributed by atoms with van der Waals surface area (Å²) in [7, 11) is 0. The van der Waals surface area contributed by atoms with E-state index in [1.807, 2.05) is 13.0 Å². The third kappa shape index (κ3) is 2.01. The standard InChI is InChI=1S/C21H27NO4/c1-19-7-5-13(23)9-12(19)3-4-14-15-6-8-21(26,17(25)11-22)20(15,2)10-16(24)18(14)19/h5,7,9,14-15,18,26H,3-4,6,8,10-11,22H2,1-2H3/t14?,15?,18?,19-,20-,21-/m0/s1. The van der Waals surface area contributed by atoms with Gasteiger partial charge in [-0.05, 0) is 49.7 Å². The lowest BCUT2D eigenvalue weighted by Crippen LogP contribution is -2.61. The summed E-state index contributed by atoms with van der Waals surface area (Å²) in [5.74, 6) is -0.186. The van der Waals surface area contributed by atoms with Gasteiger partial charge in [0.15, 0.2) is 11.6 Å². The van der Waals surface area contributed by atoms with E-state index in [-0.39, 0.29) is 48.1 Å². The van der Waals surface area contributed by atoms with E-state index in [1.165, 1.54) is 0 Å². The maximum atomic E-state index is 13.3. The molecule has 0 heterocycles. The van der Waals surface area contributed by atoms with E-state index in [1.54, 1.807) is 12.2 Å². The van der Waals surface area contributed by atoms with E-state index < -0.39 is 16.4 Å². The molecule has 140 valence electrons. The highest BCUT2D eigenvalue weighted by atomic mass is 16.3. The van der Waals surface area contributed by atoms with Crippen molar-refractivity contribution in [3.63, 3.8) is 0 Å². The molecular weight excluding hydrogens is 330 g/mol. The lowest BCUT2D eigenvalue weighted by atomic mass is 9.46. The summed E-state index contributed by atoms with van der Waals surface area (Å²) in [5.41, 5.74) is 3.95. The summed E-state index contributed by atoms with van der Waals surface area (Å²) in [6, 6.07) is 0. The average Bonchev–Trinajstić information content (AvgIpc) is 2.86. The summed E-state index contributed by atoms with van der Waals surface area (Å²) in [6.45, 7) is 3.77. The largest absolute Gasteiger partial charge is 0.381 e. The van der Waals surface area contributed by atoms with Crippen LogP contribution >= 0.6 is 0 Å². The molecule has 0 aromatic rings. The lowest BCUT2D eigenvalue weighted by Gasteiger charge is -2.56. The van der Waals surface area contributed by atoms with Gasteiger partial charge in [0.2, 0.25) is 0 Å². The Hall–Kier alpha value is -1.59. The van der Waals surface area contributed by atoms with Gasteiger partial charge in [0.05, 0.1) is 6.54 Å². The second kappa shape index (κ2) is 5.46. The van der Waals surface area contributed by atoms with Crippen LogP contribution in [-0.4, -0.2) is 34.6 Å². The first kappa shape index (κ1) is 17.8. The number of allylic oxidation sites excluding steroid dienone is 4. The van der Waals surface area contributed by atoms with Crippen LogP contribution in [0.4, 0.5) is 0 Å². The van der Waals surface area contributed by atoms with Crippen LogP contribution < -0.4 is 5.73 Å². The van der Waals surface area contributed by atoms with Crippen LogP contribution in [0.1, 0.15) is 46.0 Å². The molecule has 0 amide bonds. The fraction of sp³-hybridized carbons (Fsp3) is 0.667. The Balaban J connectivity index is 1.76. The van der Waals surface area contributed by atoms with Crippen LogP contribution in [-0.2, 0) is 14.4 Å². The van der Waals surface area contributed by atoms with E-state index in [9.17, 15) is 19.5 Å². The van der Waals surface area contributed by atoms with Gasteiger partial charge < -0.3 is 10.8 Å². The lowest BCUT2D eigenvalue weighted by molar-refractivity contribution is -0.166. The van der Waals surface area contributed by atoms with Crippen molar-refractivity contribution in [2.45, 2.75) is 51.6 Å². The smallest absolute Gasteiger partial charge is 0.178 e. The predicted octanol–water partition coefficient (Wildman–Crippen LogP) is 1.73. The molecule has 0 aromatic carbocycles. The number of carbonyl (C=O) groups is 3. The van der Waals surface area contributed by atoms with Gasteiger partial charge >= 0.3 is 0 Å². The number of hydrogen-bond acceptors (Lipinski definition) is 5. The summed E-state index contributed by atoms with van der Waals surface area (Å²) < 4.78 is 0. The third-order valence-electron chi connectivity index (χ3n) is 8.06. The quantitative estimate of drug-likeness (QED) is 0.784. The summed E-state index contributed by atoms with van der Waals surface area (Å²) in [6.07, 6.45) is 8.12. The molecule has 0 aliphatic heterocycles. The van der Waals surface area contributed by atoms with Crippen molar-refractivity contribution < 1.29 is 19.5 Å². The van der Waals surface area contributed by atoms with Crippen molar-refractivity contribution in [2.75, 3.05) is 6.54 Å². The number of Topliss-reactive ketones (excluding diaryl/α,β-unsaturated/α-hetero) is 2. The molecule has 4 aliphatic rings. The first-order valence-electron chi connectivity index (χ1n) is 9.60. The zero-order chi connectivity index (χ0) is 18.9. The van der Waals surface area contributed by atoms with Crippen LogP contribution in [0.5, 0.6) is 0 Å². The van der Waals surface area contributed by atoms with E-state index in [2.05, 4.69) is 6.92 Å². The molecule has 26 heavy (non-hydrogen) atoms. The van der Waals surface area contributed by atoms with E-state index in [0.717, 1.165) is 24.8 Å². The number of carbonyl (C=O) groups excluding carboxylic acids is 3. The molecule has 3 unspecified atom stereocenters. The fourth-order valence-electron chi connectivity index (χ4n) is 6.66. The molecule has 0 aromatic heterocycles. The highest BCUT2D eigenvalue weighted by Gasteiger charge is 2.68. The van der Waals surface area contributed by atoms with E-state index in [4.69, 9.17) is 5.73 Å². The summed E-state index contributed by atoms with van der Waals surface area (Å²) in [4.78, 5) is 37.6. The molecule has 0 spiro atoms. The van der Waals surface area contributed by atoms with Crippen LogP contribution in [0, 0.1) is 28.6 Å². The van der Waals surface area contributed by atoms with Gasteiger partial charge in [-0.2, -0.15) is 0 Å². The Morgan fingerprint density at radius 2 is 2.04 bits per heavy atom. The number of nitrogens with two attached hydrogens (primary N) is 1. The van der Waals surface area contributed by atoms with Crippen molar-refractivity contribution in [1.29, 1.82) is 0 Å². The van der Waals surface area contributed by atoms with Gasteiger partial charge in [0.1, 0.15) is 11.4 Å². The Kier molecular flexibility index (Phi) is 3.74. The highest BCUT2D eigenvalue weighted by molar-refractivity contribution is 6.02. The Morgan fingerprint density at radius 1 is 1.31 bits per heavy atom. The van der Waals surface area contributed by atoms with Gasteiger partial charge in [0.25, 0.3) is 0 Å². The molecule has 3 N–H and O–H groups in total. The molecule has 5 heteroatoms. The minimum atomic E-state index is -1.50. The van der Waals surface area contributed by atoms with Crippen molar-refractivity contribution in [3.8, 4) is 0 Å². The van der Waals surface area contributed by atoms with Crippen molar-refractivity contribution in [1.82, 2.24) is 0 Å². The Labute approximate surface area is 153 Å². The van der Waals surface area contributed by atoms with E-state index in [0.29, 0.717) is 6.42 Å². The highest BCUT2D eigenvalue weighted by Crippen LogP contribution is 2.65.